The van der Waals surface area contributed by atoms with E-state index in [0.717, 1.165) is 25.0 Å². The van der Waals surface area contributed by atoms with Crippen LogP contribution in [-0.2, 0) is 4.74 Å². The van der Waals surface area contributed by atoms with Gasteiger partial charge in [-0.25, -0.2) is 0 Å². The fourth-order valence-corrected chi connectivity index (χ4v) is 2.02. The number of rotatable bonds is 0. The number of hydrogen-bond acceptors (Lipinski definition) is 2. The number of fused-ring (bicyclic) bond motifs is 1. The minimum atomic E-state index is 0.822. The summed E-state index contributed by atoms with van der Waals surface area (Å²) >= 11 is 0. The molecule has 2 aliphatic heterocycles. The number of hydrogen-bond donors (Lipinski definition) is 1. The SMILES string of the molecule is C1C[C@@H]2CCOC[C@H]2CN1. The molecule has 2 rings (SSSR count). The van der Waals surface area contributed by atoms with E-state index in [-0.39, 0.29) is 0 Å². The van der Waals surface area contributed by atoms with Crippen molar-refractivity contribution in [3.8, 4) is 0 Å². The predicted molar refractivity (Wildman–Crippen MR) is 39.9 cm³/mol. The van der Waals surface area contributed by atoms with Gasteiger partial charge >= 0.3 is 0 Å². The standard InChI is InChI=1S/C8H15NO/c1-3-9-5-8-6-10-4-2-7(1)8/h7-9H,1-6H2/t7-,8-/m1/s1. The van der Waals surface area contributed by atoms with E-state index in [2.05, 4.69) is 5.32 Å². The summed E-state index contributed by atoms with van der Waals surface area (Å²) in [7, 11) is 0. The zero-order valence-electron chi connectivity index (χ0n) is 6.31. The van der Waals surface area contributed by atoms with E-state index in [9.17, 15) is 0 Å². The molecule has 0 unspecified atom stereocenters. The van der Waals surface area contributed by atoms with Crippen molar-refractivity contribution in [1.82, 2.24) is 5.32 Å². The van der Waals surface area contributed by atoms with Crippen molar-refractivity contribution in [2.75, 3.05) is 26.3 Å². The Morgan fingerprint density at radius 3 is 3.10 bits per heavy atom. The van der Waals surface area contributed by atoms with Crippen LogP contribution in [-0.4, -0.2) is 26.3 Å². The number of piperidine rings is 1. The van der Waals surface area contributed by atoms with Crippen LogP contribution < -0.4 is 5.32 Å². The van der Waals surface area contributed by atoms with Gasteiger partial charge < -0.3 is 10.1 Å². The molecular weight excluding hydrogens is 126 g/mol. The van der Waals surface area contributed by atoms with Gasteiger partial charge in [-0.1, -0.05) is 0 Å². The minimum absolute atomic E-state index is 0.822. The Balaban J connectivity index is 1.93. The molecule has 0 aromatic carbocycles. The first-order valence-corrected chi connectivity index (χ1v) is 4.25. The Morgan fingerprint density at radius 2 is 2.20 bits per heavy atom. The van der Waals surface area contributed by atoms with E-state index in [1.807, 2.05) is 0 Å². The molecular formula is C8H15NO. The maximum atomic E-state index is 5.40. The van der Waals surface area contributed by atoms with Crippen molar-refractivity contribution in [2.24, 2.45) is 11.8 Å². The van der Waals surface area contributed by atoms with E-state index < -0.39 is 0 Å². The molecule has 2 heteroatoms. The Bertz CT molecular complexity index is 89.8. The largest absolute Gasteiger partial charge is 0.381 e. The molecule has 0 aromatic rings. The highest BCUT2D eigenvalue weighted by molar-refractivity contribution is 4.80. The highest BCUT2D eigenvalue weighted by Crippen LogP contribution is 2.26. The molecule has 0 amide bonds. The quantitative estimate of drug-likeness (QED) is 0.534. The Morgan fingerprint density at radius 1 is 1.20 bits per heavy atom. The van der Waals surface area contributed by atoms with Gasteiger partial charge in [-0.15, -0.1) is 0 Å². The van der Waals surface area contributed by atoms with Gasteiger partial charge in [-0.05, 0) is 31.2 Å². The van der Waals surface area contributed by atoms with Crippen LogP contribution >= 0.6 is 0 Å². The molecule has 0 aromatic heterocycles. The Labute approximate surface area is 61.9 Å². The predicted octanol–water partition coefficient (Wildman–Crippen LogP) is 0.632. The molecule has 2 saturated heterocycles. The van der Waals surface area contributed by atoms with Crippen LogP contribution in [0.25, 0.3) is 0 Å². The zero-order valence-corrected chi connectivity index (χ0v) is 6.31. The third-order valence-electron chi connectivity index (χ3n) is 2.73. The summed E-state index contributed by atoms with van der Waals surface area (Å²) in [6.07, 6.45) is 2.67. The molecule has 2 nitrogen and oxygen atoms in total. The van der Waals surface area contributed by atoms with Crippen LogP contribution in [0.15, 0.2) is 0 Å². The van der Waals surface area contributed by atoms with Gasteiger partial charge in [0.25, 0.3) is 0 Å². The third-order valence-corrected chi connectivity index (χ3v) is 2.73. The molecule has 0 aliphatic carbocycles. The molecule has 0 radical (unpaired) electrons. The summed E-state index contributed by atoms with van der Waals surface area (Å²) in [5, 5.41) is 3.40. The summed E-state index contributed by atoms with van der Waals surface area (Å²) < 4.78 is 5.40. The highest BCUT2D eigenvalue weighted by Gasteiger charge is 2.27. The minimum Gasteiger partial charge on any atom is -0.381 e. The van der Waals surface area contributed by atoms with E-state index in [1.54, 1.807) is 0 Å². The van der Waals surface area contributed by atoms with Crippen molar-refractivity contribution in [2.45, 2.75) is 12.8 Å². The second kappa shape index (κ2) is 2.89. The lowest BCUT2D eigenvalue weighted by Crippen LogP contribution is -2.41. The molecule has 10 heavy (non-hydrogen) atoms. The van der Waals surface area contributed by atoms with E-state index in [4.69, 9.17) is 4.74 Å². The van der Waals surface area contributed by atoms with E-state index in [1.165, 1.54) is 25.9 Å². The average Bonchev–Trinajstić information content (AvgIpc) is 2.05. The second-order valence-electron chi connectivity index (χ2n) is 3.38. The summed E-state index contributed by atoms with van der Waals surface area (Å²) in [6.45, 7) is 4.41. The van der Waals surface area contributed by atoms with E-state index in [0.29, 0.717) is 0 Å². The zero-order chi connectivity index (χ0) is 6.81. The summed E-state index contributed by atoms with van der Waals surface area (Å²) in [5.74, 6) is 1.79. The van der Waals surface area contributed by atoms with E-state index >= 15 is 0 Å². The van der Waals surface area contributed by atoms with Crippen LogP contribution in [0.4, 0.5) is 0 Å². The normalized spacial score (nSPS) is 40.8. The topological polar surface area (TPSA) is 21.3 Å². The van der Waals surface area contributed by atoms with Crippen LogP contribution in [0, 0.1) is 11.8 Å². The van der Waals surface area contributed by atoms with Gasteiger partial charge in [0.1, 0.15) is 0 Å². The second-order valence-corrected chi connectivity index (χ2v) is 3.38. The molecule has 58 valence electrons. The van der Waals surface area contributed by atoms with Gasteiger partial charge in [0.15, 0.2) is 0 Å². The number of nitrogens with one attached hydrogen (secondary N) is 1. The van der Waals surface area contributed by atoms with Crippen molar-refractivity contribution >= 4 is 0 Å². The number of ether oxygens (including phenoxy) is 1. The highest BCUT2D eigenvalue weighted by atomic mass is 16.5. The van der Waals surface area contributed by atoms with Crippen LogP contribution in [0.1, 0.15) is 12.8 Å². The molecule has 0 saturated carbocycles. The first-order valence-electron chi connectivity index (χ1n) is 4.25. The van der Waals surface area contributed by atoms with Gasteiger partial charge in [0.05, 0.1) is 6.61 Å². The summed E-state index contributed by atoms with van der Waals surface area (Å²) in [6, 6.07) is 0. The molecule has 2 atom stereocenters. The maximum absolute atomic E-state index is 5.40. The first-order chi connectivity index (χ1) is 4.97. The first kappa shape index (κ1) is 6.62. The van der Waals surface area contributed by atoms with Crippen molar-refractivity contribution in [1.29, 1.82) is 0 Å². The lowest BCUT2D eigenvalue weighted by atomic mass is 9.83. The fraction of sp³-hybridized carbons (Fsp3) is 1.00. The molecule has 2 heterocycles. The van der Waals surface area contributed by atoms with Crippen LogP contribution in [0.2, 0.25) is 0 Å². The van der Waals surface area contributed by atoms with Gasteiger partial charge in [0, 0.05) is 13.2 Å². The molecule has 0 bridgehead atoms. The summed E-state index contributed by atoms with van der Waals surface area (Å²) in [5.41, 5.74) is 0. The maximum Gasteiger partial charge on any atom is 0.0509 e. The average molecular weight is 141 g/mol. The summed E-state index contributed by atoms with van der Waals surface area (Å²) in [4.78, 5) is 0. The van der Waals surface area contributed by atoms with Crippen LogP contribution in [0.3, 0.4) is 0 Å². The fourth-order valence-electron chi connectivity index (χ4n) is 2.02. The lowest BCUT2D eigenvalue weighted by Gasteiger charge is -2.35. The lowest BCUT2D eigenvalue weighted by molar-refractivity contribution is 0.00490. The van der Waals surface area contributed by atoms with Gasteiger partial charge in [0.2, 0.25) is 0 Å². The molecule has 0 spiro atoms. The van der Waals surface area contributed by atoms with Gasteiger partial charge in [-0.2, -0.15) is 0 Å². The smallest absolute Gasteiger partial charge is 0.0509 e. The molecule has 2 fully saturated rings. The molecule has 2 aliphatic rings. The van der Waals surface area contributed by atoms with Crippen molar-refractivity contribution in [3.63, 3.8) is 0 Å². The van der Waals surface area contributed by atoms with Crippen molar-refractivity contribution < 1.29 is 4.74 Å². The van der Waals surface area contributed by atoms with Gasteiger partial charge in [-0.3, -0.25) is 0 Å². The van der Waals surface area contributed by atoms with Crippen LogP contribution in [0.5, 0.6) is 0 Å². The monoisotopic (exact) mass is 141 g/mol. The van der Waals surface area contributed by atoms with Crippen molar-refractivity contribution in [3.05, 3.63) is 0 Å². The third kappa shape index (κ3) is 1.18. The Hall–Kier alpha value is -0.0800. The molecule has 1 N–H and O–H groups in total. The Kier molecular flexibility index (Phi) is 1.91.